The van der Waals surface area contributed by atoms with Crippen LogP contribution in [0, 0.1) is 6.92 Å². The fourth-order valence-corrected chi connectivity index (χ4v) is 2.50. The molecule has 0 amide bonds. The molecule has 30 heavy (non-hydrogen) atoms. The minimum atomic E-state index is -2.59. The summed E-state index contributed by atoms with van der Waals surface area (Å²) >= 11 is 0. The first-order valence-electron chi connectivity index (χ1n) is 9.01. The summed E-state index contributed by atoms with van der Waals surface area (Å²) in [5.41, 5.74) is 1.60. The molecule has 10 heteroatoms. The summed E-state index contributed by atoms with van der Waals surface area (Å²) in [6.45, 7) is 9.12. The molecule has 0 atom stereocenters. The number of hydrogen-bond donors (Lipinski definition) is 0. The Balaban J connectivity index is 1.73. The van der Waals surface area contributed by atoms with Gasteiger partial charge in [0.2, 0.25) is 5.88 Å². The maximum absolute atomic E-state index is 12.7. The van der Waals surface area contributed by atoms with Gasteiger partial charge >= 0.3 is 0 Å². The number of nitrogens with zero attached hydrogens (tertiary/aromatic N) is 6. The van der Waals surface area contributed by atoms with E-state index in [1.807, 2.05) is 6.92 Å². The molecule has 0 aliphatic carbocycles. The molecule has 0 bridgehead atoms. The Morgan fingerprint density at radius 1 is 1.20 bits per heavy atom. The van der Waals surface area contributed by atoms with Crippen molar-refractivity contribution >= 4 is 5.76 Å². The third kappa shape index (κ3) is 4.83. The van der Waals surface area contributed by atoms with Gasteiger partial charge < -0.3 is 9.47 Å². The topological polar surface area (TPSA) is 87.8 Å². The lowest BCUT2D eigenvalue weighted by Gasteiger charge is -2.10. The van der Waals surface area contributed by atoms with Gasteiger partial charge in [-0.2, -0.15) is 4.68 Å². The van der Waals surface area contributed by atoms with Crippen molar-refractivity contribution in [2.45, 2.75) is 33.8 Å². The number of rotatable bonds is 8. The molecule has 0 radical (unpaired) electrons. The molecule has 0 aliphatic rings. The zero-order valence-electron chi connectivity index (χ0n) is 16.7. The molecular weight excluding hydrogens is 394 g/mol. The summed E-state index contributed by atoms with van der Waals surface area (Å²) < 4.78 is 38.1. The second kappa shape index (κ2) is 9.21. The molecule has 3 heterocycles. The quantitative estimate of drug-likeness (QED) is 0.511. The van der Waals surface area contributed by atoms with Crippen molar-refractivity contribution in [3.63, 3.8) is 0 Å². The zero-order chi connectivity index (χ0) is 21.7. The first-order valence-corrected chi connectivity index (χ1v) is 9.01. The molecule has 3 rings (SSSR count). The van der Waals surface area contributed by atoms with Gasteiger partial charge in [-0.25, -0.2) is 13.8 Å². The van der Waals surface area contributed by atoms with Crippen molar-refractivity contribution in [2.75, 3.05) is 0 Å². The van der Waals surface area contributed by atoms with E-state index >= 15 is 0 Å². The number of aryl methyl sites for hydroxylation is 1. The number of allylic oxidation sites excluding steroid dienone is 2. The number of halogens is 2. The van der Waals surface area contributed by atoms with E-state index in [1.165, 1.54) is 16.8 Å². The minimum Gasteiger partial charge on any atom is -0.470 e. The smallest absolute Gasteiger partial charge is 0.265 e. The van der Waals surface area contributed by atoms with E-state index in [0.29, 0.717) is 34.4 Å². The average Bonchev–Trinajstić information content (AvgIpc) is 3.11. The van der Waals surface area contributed by atoms with Crippen molar-refractivity contribution in [1.29, 1.82) is 0 Å². The predicted molar refractivity (Wildman–Crippen MR) is 105 cm³/mol. The lowest BCUT2D eigenvalue weighted by Crippen LogP contribution is -2.09. The average molecular weight is 414 g/mol. The highest BCUT2D eigenvalue weighted by Crippen LogP contribution is 2.20. The lowest BCUT2D eigenvalue weighted by atomic mass is 10.3. The fraction of sp³-hybridized carbons (Fsp3) is 0.250. The third-order valence-corrected chi connectivity index (χ3v) is 3.99. The van der Waals surface area contributed by atoms with Crippen LogP contribution >= 0.6 is 0 Å². The van der Waals surface area contributed by atoms with Crippen molar-refractivity contribution in [3.8, 4) is 11.7 Å². The lowest BCUT2D eigenvalue weighted by molar-refractivity contribution is 0.151. The summed E-state index contributed by atoms with van der Waals surface area (Å²) in [4.78, 5) is 4.03. The number of hydrogen-bond acceptors (Lipinski definition) is 7. The molecule has 3 aromatic rings. The molecule has 0 aromatic carbocycles. The molecule has 8 nitrogen and oxygen atoms in total. The van der Waals surface area contributed by atoms with Gasteiger partial charge in [-0.1, -0.05) is 11.8 Å². The number of aromatic nitrogens is 6. The monoisotopic (exact) mass is 414 g/mol. The van der Waals surface area contributed by atoms with Crippen LogP contribution in [-0.2, 0) is 11.3 Å². The van der Waals surface area contributed by atoms with Crippen LogP contribution in [0.15, 0.2) is 48.9 Å². The van der Waals surface area contributed by atoms with Crippen molar-refractivity contribution in [3.05, 3.63) is 71.5 Å². The van der Waals surface area contributed by atoms with Gasteiger partial charge in [-0.3, -0.25) is 0 Å². The Hall–Kier alpha value is -3.69. The van der Waals surface area contributed by atoms with E-state index in [9.17, 15) is 8.78 Å². The largest absolute Gasteiger partial charge is 0.470 e. The Morgan fingerprint density at radius 2 is 2.00 bits per heavy atom. The molecule has 0 N–H and O–H groups in total. The van der Waals surface area contributed by atoms with Crippen molar-refractivity contribution in [1.82, 2.24) is 30.2 Å². The van der Waals surface area contributed by atoms with Crippen LogP contribution in [0.2, 0.25) is 0 Å². The SMILES string of the molecule is C=C(C)O/C(=C\C)c1ccc(OCc2c(C)nnn2-c2ccc(C(F)F)cn2)nn1. The van der Waals surface area contributed by atoms with Crippen LogP contribution in [0.3, 0.4) is 0 Å². The van der Waals surface area contributed by atoms with Crippen LogP contribution < -0.4 is 4.74 Å². The van der Waals surface area contributed by atoms with E-state index in [1.54, 1.807) is 32.1 Å². The van der Waals surface area contributed by atoms with Crippen LogP contribution in [0.5, 0.6) is 5.88 Å². The Labute approximate surface area is 171 Å². The van der Waals surface area contributed by atoms with E-state index in [0.717, 1.165) is 6.20 Å². The molecule has 0 saturated heterocycles. The molecule has 156 valence electrons. The second-order valence-electron chi connectivity index (χ2n) is 6.29. The fourth-order valence-electron chi connectivity index (χ4n) is 2.50. The van der Waals surface area contributed by atoms with Crippen LogP contribution in [0.1, 0.15) is 42.9 Å². The summed E-state index contributed by atoms with van der Waals surface area (Å²) in [5, 5.41) is 16.2. The molecular formula is C20H20F2N6O2. The highest BCUT2D eigenvalue weighted by molar-refractivity contribution is 5.56. The second-order valence-corrected chi connectivity index (χ2v) is 6.29. The first kappa shape index (κ1) is 21.0. The van der Waals surface area contributed by atoms with Crippen LogP contribution in [-0.4, -0.2) is 30.2 Å². The highest BCUT2D eigenvalue weighted by Gasteiger charge is 2.15. The molecule has 0 unspecified atom stereocenters. The standard InChI is InChI=1S/C20H20F2N6O2/c1-5-17(30-12(2)3)15-7-9-19(26-25-15)29-11-16-13(4)24-27-28(16)18-8-6-14(10-23-18)20(21)22/h5-10,20H,2,11H2,1,3-4H3/b17-5-. The molecule has 0 aliphatic heterocycles. The van der Waals surface area contributed by atoms with Gasteiger partial charge in [0.25, 0.3) is 6.43 Å². The molecule has 0 spiro atoms. The summed E-state index contributed by atoms with van der Waals surface area (Å²) in [6, 6.07) is 6.12. The van der Waals surface area contributed by atoms with Gasteiger partial charge in [0.05, 0.1) is 11.5 Å². The van der Waals surface area contributed by atoms with E-state index in [4.69, 9.17) is 9.47 Å². The summed E-state index contributed by atoms with van der Waals surface area (Å²) in [5.74, 6) is 1.72. The highest BCUT2D eigenvalue weighted by atomic mass is 19.3. The summed E-state index contributed by atoms with van der Waals surface area (Å²) in [7, 11) is 0. The Morgan fingerprint density at radius 3 is 2.57 bits per heavy atom. The van der Waals surface area contributed by atoms with Crippen LogP contribution in [0.25, 0.3) is 11.6 Å². The van der Waals surface area contributed by atoms with Gasteiger partial charge in [-0.15, -0.1) is 15.3 Å². The molecule has 0 fully saturated rings. The number of alkyl halides is 2. The Kier molecular flexibility index (Phi) is 6.45. The van der Waals surface area contributed by atoms with E-state index in [-0.39, 0.29) is 18.1 Å². The maximum Gasteiger partial charge on any atom is 0.265 e. The molecule has 0 saturated carbocycles. The van der Waals surface area contributed by atoms with E-state index in [2.05, 4.69) is 32.1 Å². The van der Waals surface area contributed by atoms with Crippen LogP contribution in [0.4, 0.5) is 8.78 Å². The minimum absolute atomic E-state index is 0.0872. The van der Waals surface area contributed by atoms with Gasteiger partial charge in [-0.05, 0) is 45.0 Å². The third-order valence-electron chi connectivity index (χ3n) is 3.99. The van der Waals surface area contributed by atoms with Gasteiger partial charge in [0.1, 0.15) is 23.8 Å². The number of pyridine rings is 1. The first-order chi connectivity index (χ1) is 14.4. The Bertz CT molecular complexity index is 1050. The van der Waals surface area contributed by atoms with Crippen molar-refractivity contribution < 1.29 is 18.3 Å². The van der Waals surface area contributed by atoms with Gasteiger partial charge in [0, 0.05) is 17.8 Å². The zero-order valence-corrected chi connectivity index (χ0v) is 16.7. The number of ether oxygens (including phenoxy) is 2. The summed E-state index contributed by atoms with van der Waals surface area (Å²) in [6.07, 6.45) is 0.286. The maximum atomic E-state index is 12.7. The van der Waals surface area contributed by atoms with Gasteiger partial charge in [0.15, 0.2) is 5.82 Å². The predicted octanol–water partition coefficient (Wildman–Crippen LogP) is 4.19. The van der Waals surface area contributed by atoms with Crippen molar-refractivity contribution in [2.24, 2.45) is 0 Å². The van der Waals surface area contributed by atoms with E-state index < -0.39 is 6.43 Å². The normalized spacial score (nSPS) is 11.6. The molecule has 3 aromatic heterocycles.